The number of halogens is 1. The minimum atomic E-state index is -0.210. The van der Waals surface area contributed by atoms with Gasteiger partial charge in [0.05, 0.1) is 12.4 Å². The molecule has 1 saturated heterocycles. The van der Waals surface area contributed by atoms with Crippen molar-refractivity contribution in [3.05, 3.63) is 47.7 Å². The summed E-state index contributed by atoms with van der Waals surface area (Å²) in [6, 6.07) is 7.82. The van der Waals surface area contributed by atoms with Crippen LogP contribution in [0.15, 0.2) is 42.2 Å². The van der Waals surface area contributed by atoms with Crippen LogP contribution in [0.1, 0.15) is 31.2 Å². The van der Waals surface area contributed by atoms with Crippen molar-refractivity contribution in [3.8, 4) is 5.75 Å². The van der Waals surface area contributed by atoms with E-state index in [0.717, 1.165) is 50.1 Å². The second kappa shape index (κ2) is 8.91. The number of aliphatic hydroxyl groups excluding tert-OH is 1. The molecule has 2 aliphatic heterocycles. The summed E-state index contributed by atoms with van der Waals surface area (Å²) in [5.41, 5.74) is 1.51. The van der Waals surface area contributed by atoms with Crippen LogP contribution in [0.4, 0.5) is 0 Å². The van der Waals surface area contributed by atoms with E-state index in [1.807, 2.05) is 30.3 Å². The number of rotatable bonds is 4. The molecule has 0 radical (unpaired) electrons. The second-order valence-corrected chi connectivity index (χ2v) is 7.53. The lowest BCUT2D eigenvalue weighted by Crippen LogP contribution is -2.53. The molecular formula is C21H27ClN2O3. The van der Waals surface area contributed by atoms with Crippen LogP contribution in [0.5, 0.6) is 5.75 Å². The van der Waals surface area contributed by atoms with Gasteiger partial charge in [-0.3, -0.25) is 4.79 Å². The van der Waals surface area contributed by atoms with E-state index < -0.39 is 0 Å². The minimum absolute atomic E-state index is 0. The molecule has 0 spiro atoms. The highest BCUT2D eigenvalue weighted by molar-refractivity contribution is 6.01. The molecule has 2 heterocycles. The van der Waals surface area contributed by atoms with Crippen molar-refractivity contribution in [1.29, 1.82) is 0 Å². The summed E-state index contributed by atoms with van der Waals surface area (Å²) >= 11 is 0. The zero-order valence-electron chi connectivity index (χ0n) is 15.3. The number of hydrogen-bond acceptors (Lipinski definition) is 4. The Morgan fingerprint density at radius 2 is 1.93 bits per heavy atom. The molecule has 1 aromatic rings. The van der Waals surface area contributed by atoms with Gasteiger partial charge in [-0.2, -0.15) is 0 Å². The van der Waals surface area contributed by atoms with E-state index in [-0.39, 0.29) is 30.5 Å². The Hall–Kier alpha value is -1.82. The van der Waals surface area contributed by atoms with Gasteiger partial charge >= 0.3 is 0 Å². The fourth-order valence-corrected chi connectivity index (χ4v) is 4.23. The van der Waals surface area contributed by atoms with E-state index in [1.165, 1.54) is 0 Å². The summed E-state index contributed by atoms with van der Waals surface area (Å²) in [7, 11) is 0. The van der Waals surface area contributed by atoms with Crippen LogP contribution < -0.4 is 15.4 Å². The Morgan fingerprint density at radius 3 is 2.67 bits per heavy atom. The summed E-state index contributed by atoms with van der Waals surface area (Å²) < 4.78 is 5.59. The SMILES string of the molecule is Cl.O=C(NC(C1CCNCC1)C1CC(O)C1)C1=Cc2ccccc2OC=C1. The molecule has 1 amide bonds. The highest BCUT2D eigenvalue weighted by atomic mass is 35.5. The maximum Gasteiger partial charge on any atom is 0.251 e. The monoisotopic (exact) mass is 390 g/mol. The Bertz CT molecular complexity index is 722. The maximum absolute atomic E-state index is 13.0. The minimum Gasteiger partial charge on any atom is -0.464 e. The number of piperidine rings is 1. The Morgan fingerprint density at radius 1 is 1.19 bits per heavy atom. The third-order valence-electron chi connectivity index (χ3n) is 5.78. The maximum atomic E-state index is 13.0. The van der Waals surface area contributed by atoms with E-state index in [0.29, 0.717) is 17.4 Å². The molecule has 1 aliphatic carbocycles. The number of aliphatic hydroxyl groups is 1. The van der Waals surface area contributed by atoms with Gasteiger partial charge in [0, 0.05) is 17.2 Å². The van der Waals surface area contributed by atoms with Gasteiger partial charge in [-0.1, -0.05) is 18.2 Å². The largest absolute Gasteiger partial charge is 0.464 e. The first-order valence-electron chi connectivity index (χ1n) is 9.54. The molecule has 5 nitrogen and oxygen atoms in total. The zero-order valence-corrected chi connectivity index (χ0v) is 16.1. The first kappa shape index (κ1) is 19.9. The van der Waals surface area contributed by atoms with Gasteiger partial charge in [0.25, 0.3) is 5.91 Å². The fraction of sp³-hybridized carbons (Fsp3) is 0.476. The smallest absolute Gasteiger partial charge is 0.251 e. The lowest BCUT2D eigenvalue weighted by molar-refractivity contribution is -0.119. The lowest BCUT2D eigenvalue weighted by atomic mass is 9.71. The lowest BCUT2D eigenvalue weighted by Gasteiger charge is -2.43. The number of benzene rings is 1. The van der Waals surface area contributed by atoms with Crippen molar-refractivity contribution in [3.63, 3.8) is 0 Å². The normalized spacial score (nSPS) is 25.6. The number of carbonyl (C=O) groups is 1. The molecular weight excluding hydrogens is 364 g/mol. The molecule has 1 atom stereocenters. The number of amides is 1. The quantitative estimate of drug-likeness (QED) is 0.739. The first-order chi connectivity index (χ1) is 12.7. The molecule has 2 fully saturated rings. The summed E-state index contributed by atoms with van der Waals surface area (Å²) in [5, 5.41) is 16.4. The predicted octanol–water partition coefficient (Wildman–Crippen LogP) is 2.65. The van der Waals surface area contributed by atoms with Crippen molar-refractivity contribution in [2.75, 3.05) is 13.1 Å². The zero-order chi connectivity index (χ0) is 17.9. The average Bonchev–Trinajstić information content (AvgIpc) is 2.87. The molecule has 4 rings (SSSR count). The summed E-state index contributed by atoms with van der Waals surface area (Å²) in [6.45, 7) is 1.99. The Kier molecular flexibility index (Phi) is 6.58. The van der Waals surface area contributed by atoms with Crippen LogP contribution in [0, 0.1) is 11.8 Å². The number of carbonyl (C=O) groups excluding carboxylic acids is 1. The van der Waals surface area contributed by atoms with E-state index in [1.54, 1.807) is 12.3 Å². The molecule has 27 heavy (non-hydrogen) atoms. The molecule has 3 aliphatic rings. The molecule has 0 bridgehead atoms. The Labute approximate surface area is 166 Å². The Balaban J connectivity index is 0.00000210. The van der Waals surface area contributed by atoms with Crippen LogP contribution in [0.3, 0.4) is 0 Å². The number of ether oxygens (including phenoxy) is 1. The van der Waals surface area contributed by atoms with Gasteiger partial charge in [-0.15, -0.1) is 12.4 Å². The van der Waals surface area contributed by atoms with E-state index in [9.17, 15) is 9.90 Å². The van der Waals surface area contributed by atoms with Gasteiger partial charge in [0.15, 0.2) is 0 Å². The van der Waals surface area contributed by atoms with Crippen LogP contribution >= 0.6 is 12.4 Å². The third kappa shape index (κ3) is 4.54. The molecule has 1 saturated carbocycles. The van der Waals surface area contributed by atoms with Gasteiger partial charge in [-0.05, 0) is 68.8 Å². The van der Waals surface area contributed by atoms with E-state index in [2.05, 4.69) is 10.6 Å². The second-order valence-electron chi connectivity index (χ2n) is 7.53. The molecule has 0 aromatic heterocycles. The van der Waals surface area contributed by atoms with Gasteiger partial charge in [0.2, 0.25) is 0 Å². The van der Waals surface area contributed by atoms with Crippen molar-refractivity contribution in [1.82, 2.24) is 10.6 Å². The van der Waals surface area contributed by atoms with E-state index in [4.69, 9.17) is 4.74 Å². The number of hydrogen-bond donors (Lipinski definition) is 3. The van der Waals surface area contributed by atoms with Gasteiger partial charge < -0.3 is 20.5 Å². The van der Waals surface area contributed by atoms with Crippen LogP contribution in [-0.4, -0.2) is 36.2 Å². The highest BCUT2D eigenvalue weighted by Gasteiger charge is 2.39. The van der Waals surface area contributed by atoms with E-state index >= 15 is 0 Å². The summed E-state index contributed by atoms with van der Waals surface area (Å²) in [5.74, 6) is 1.53. The predicted molar refractivity (Wildman–Crippen MR) is 108 cm³/mol. The van der Waals surface area contributed by atoms with Crippen molar-refractivity contribution >= 4 is 24.4 Å². The highest BCUT2D eigenvalue weighted by Crippen LogP contribution is 2.36. The van der Waals surface area contributed by atoms with Crippen molar-refractivity contribution in [2.45, 2.75) is 37.8 Å². The number of para-hydroxylation sites is 1. The standard InChI is InChI=1S/C21H26N2O3.ClH/c24-18-12-17(13-18)20(14-5-8-22-9-6-14)23-21(25)16-7-10-26-19-4-2-1-3-15(19)11-16;/h1-4,7,10-11,14,17-18,20,22,24H,5-6,8-9,12-13H2,(H,23,25);1H. The molecule has 6 heteroatoms. The average molecular weight is 391 g/mol. The molecule has 1 unspecified atom stereocenters. The summed E-state index contributed by atoms with van der Waals surface area (Å²) in [6.07, 6.45) is 8.68. The van der Waals surface area contributed by atoms with Crippen LogP contribution in [-0.2, 0) is 4.79 Å². The van der Waals surface area contributed by atoms with Crippen molar-refractivity contribution < 1.29 is 14.6 Å². The van der Waals surface area contributed by atoms with Gasteiger partial charge in [-0.25, -0.2) is 0 Å². The third-order valence-corrected chi connectivity index (χ3v) is 5.78. The van der Waals surface area contributed by atoms with Gasteiger partial charge in [0.1, 0.15) is 5.75 Å². The first-order valence-corrected chi connectivity index (χ1v) is 9.54. The van der Waals surface area contributed by atoms with Crippen LogP contribution in [0.25, 0.3) is 6.08 Å². The fourth-order valence-electron chi connectivity index (χ4n) is 4.23. The number of nitrogens with one attached hydrogen (secondary N) is 2. The number of fused-ring (bicyclic) bond motifs is 1. The molecule has 1 aromatic carbocycles. The topological polar surface area (TPSA) is 70.6 Å². The van der Waals surface area contributed by atoms with Crippen LogP contribution in [0.2, 0.25) is 0 Å². The van der Waals surface area contributed by atoms with Crippen molar-refractivity contribution in [2.24, 2.45) is 11.8 Å². The molecule has 3 N–H and O–H groups in total. The molecule has 146 valence electrons. The summed E-state index contributed by atoms with van der Waals surface area (Å²) in [4.78, 5) is 13.0.